The predicted octanol–water partition coefficient (Wildman–Crippen LogP) is 3.36. The molecule has 10 nitrogen and oxygen atoms in total. The van der Waals surface area contributed by atoms with Crippen molar-refractivity contribution in [3.05, 3.63) is 66.5 Å². The highest BCUT2D eigenvalue weighted by Crippen LogP contribution is 2.31. The highest BCUT2D eigenvalue weighted by Gasteiger charge is 2.11. The molecule has 0 atom stereocenters. The maximum atomic E-state index is 11.8. The van der Waals surface area contributed by atoms with E-state index < -0.39 is 0 Å². The third kappa shape index (κ3) is 8.04. The van der Waals surface area contributed by atoms with Gasteiger partial charge in [0.2, 0.25) is 11.8 Å². The lowest BCUT2D eigenvalue weighted by Crippen LogP contribution is -2.07. The number of nitrogens with zero attached hydrogens (tertiary/aromatic N) is 3. The molecule has 0 saturated heterocycles. The second kappa shape index (κ2) is 12.0. The number of aromatic hydroxyl groups is 2. The molecule has 2 aromatic carbocycles. The molecule has 35 heavy (non-hydrogen) atoms. The molecule has 0 bridgehead atoms. The van der Waals surface area contributed by atoms with Gasteiger partial charge in [0.15, 0.2) is 5.78 Å². The van der Waals surface area contributed by atoms with Crippen molar-refractivity contribution in [3.63, 3.8) is 0 Å². The molecule has 0 spiro atoms. The fourth-order valence-corrected chi connectivity index (χ4v) is 2.98. The number of hydrogen-bond acceptors (Lipinski definition) is 7. The van der Waals surface area contributed by atoms with Crippen LogP contribution in [0.4, 0.5) is 11.4 Å². The van der Waals surface area contributed by atoms with E-state index in [-0.39, 0.29) is 34.7 Å². The van der Waals surface area contributed by atoms with Crippen molar-refractivity contribution < 1.29 is 24.6 Å². The summed E-state index contributed by atoms with van der Waals surface area (Å²) in [5, 5.41) is 28.7. The van der Waals surface area contributed by atoms with E-state index in [9.17, 15) is 24.6 Å². The highest BCUT2D eigenvalue weighted by molar-refractivity contribution is 6.07. The zero-order valence-electron chi connectivity index (χ0n) is 20.2. The number of allylic oxidation sites excluding steroid dienone is 1. The summed E-state index contributed by atoms with van der Waals surface area (Å²) >= 11 is 0. The van der Waals surface area contributed by atoms with Gasteiger partial charge in [-0.1, -0.05) is 0 Å². The summed E-state index contributed by atoms with van der Waals surface area (Å²) in [5.41, 5.74) is 2.69. The monoisotopic (exact) mass is 479 g/mol. The Morgan fingerprint density at radius 2 is 1.49 bits per heavy atom. The Kier molecular flexibility index (Phi) is 9.16. The number of carbonyl (C=O) groups is 3. The van der Waals surface area contributed by atoms with Crippen molar-refractivity contribution in [1.29, 1.82) is 0 Å². The maximum Gasteiger partial charge on any atom is 0.221 e. The van der Waals surface area contributed by atoms with Crippen LogP contribution in [0.1, 0.15) is 24.2 Å². The molecule has 0 saturated carbocycles. The van der Waals surface area contributed by atoms with Crippen LogP contribution in [0.25, 0.3) is 11.3 Å². The van der Waals surface area contributed by atoms with Gasteiger partial charge in [-0.15, -0.1) is 0 Å². The summed E-state index contributed by atoms with van der Waals surface area (Å²) in [6.45, 7) is 2.82. The van der Waals surface area contributed by atoms with Crippen molar-refractivity contribution in [2.75, 3.05) is 24.7 Å². The van der Waals surface area contributed by atoms with Gasteiger partial charge in [0, 0.05) is 70.4 Å². The zero-order chi connectivity index (χ0) is 26.1. The molecular weight excluding hydrogens is 450 g/mol. The van der Waals surface area contributed by atoms with Gasteiger partial charge in [-0.3, -0.25) is 19.1 Å². The van der Waals surface area contributed by atoms with E-state index in [1.165, 1.54) is 38.1 Å². The minimum atomic E-state index is -0.326. The molecule has 0 unspecified atom stereocenters. The molecular formula is C25H29N5O5. The highest BCUT2D eigenvalue weighted by atomic mass is 16.3. The van der Waals surface area contributed by atoms with Crippen molar-refractivity contribution in [3.8, 4) is 22.8 Å². The number of amides is 2. The Balaban J connectivity index is 0.000000247. The molecule has 0 fully saturated rings. The number of phenols is 2. The number of anilines is 2. The number of hydrogen-bond donors (Lipinski definition) is 4. The summed E-state index contributed by atoms with van der Waals surface area (Å²) < 4.78 is 1.66. The van der Waals surface area contributed by atoms with Crippen molar-refractivity contribution in [2.24, 2.45) is 7.05 Å². The van der Waals surface area contributed by atoms with Crippen LogP contribution in [0.3, 0.4) is 0 Å². The fraction of sp³-hybridized carbons (Fsp3) is 0.200. The quantitative estimate of drug-likeness (QED) is 0.242. The first kappa shape index (κ1) is 26.7. The van der Waals surface area contributed by atoms with Crippen LogP contribution in [-0.4, -0.2) is 56.6 Å². The average Bonchev–Trinajstić information content (AvgIpc) is 3.20. The number of ketones is 1. The molecule has 0 aliphatic carbocycles. The molecule has 3 rings (SSSR count). The normalized spacial score (nSPS) is 10.3. The van der Waals surface area contributed by atoms with E-state index in [4.69, 9.17) is 0 Å². The molecule has 2 amide bonds. The van der Waals surface area contributed by atoms with Crippen LogP contribution in [-0.2, 0) is 16.6 Å². The van der Waals surface area contributed by atoms with Gasteiger partial charge in [-0.05, 0) is 42.5 Å². The molecule has 4 N–H and O–H groups in total. The van der Waals surface area contributed by atoms with Gasteiger partial charge in [-0.25, -0.2) is 0 Å². The lowest BCUT2D eigenvalue weighted by atomic mass is 10.1. The lowest BCUT2D eigenvalue weighted by molar-refractivity contribution is -0.115. The molecule has 3 aromatic rings. The van der Waals surface area contributed by atoms with E-state index in [0.717, 1.165) is 5.69 Å². The number of rotatable bonds is 6. The maximum absolute atomic E-state index is 11.8. The van der Waals surface area contributed by atoms with Gasteiger partial charge < -0.3 is 25.7 Å². The zero-order valence-corrected chi connectivity index (χ0v) is 20.2. The Morgan fingerprint density at radius 1 is 0.914 bits per heavy atom. The fourth-order valence-electron chi connectivity index (χ4n) is 2.98. The predicted molar refractivity (Wildman–Crippen MR) is 134 cm³/mol. The number of benzene rings is 2. The van der Waals surface area contributed by atoms with Gasteiger partial charge in [0.05, 0.1) is 11.3 Å². The lowest BCUT2D eigenvalue weighted by Gasteiger charge is -2.08. The summed E-state index contributed by atoms with van der Waals surface area (Å²) in [6, 6.07) is 11.1. The molecule has 10 heteroatoms. The van der Waals surface area contributed by atoms with Crippen LogP contribution in [0.5, 0.6) is 11.5 Å². The Hall–Kier alpha value is -4.60. The summed E-state index contributed by atoms with van der Waals surface area (Å²) in [5.74, 6) is -0.664. The summed E-state index contributed by atoms with van der Waals surface area (Å²) in [6.07, 6.45) is 4.60. The number of aryl methyl sites for hydroxylation is 1. The summed E-state index contributed by atoms with van der Waals surface area (Å²) in [4.78, 5) is 35.4. The van der Waals surface area contributed by atoms with Crippen molar-refractivity contribution in [2.45, 2.75) is 13.8 Å². The first-order valence-electron chi connectivity index (χ1n) is 10.6. The molecule has 1 heterocycles. The molecule has 0 aliphatic heterocycles. The van der Waals surface area contributed by atoms with Crippen LogP contribution in [0, 0.1) is 0 Å². The minimum Gasteiger partial charge on any atom is -0.507 e. The van der Waals surface area contributed by atoms with Crippen molar-refractivity contribution >= 4 is 29.0 Å². The smallest absolute Gasteiger partial charge is 0.221 e. The van der Waals surface area contributed by atoms with Crippen LogP contribution >= 0.6 is 0 Å². The van der Waals surface area contributed by atoms with E-state index in [1.807, 2.05) is 0 Å². The van der Waals surface area contributed by atoms with Gasteiger partial charge in [0.25, 0.3) is 0 Å². The standard InChI is InChI=1S/C13H16N2O3.C12H13N3O2/c1-9(16)14-10-4-5-12(17)11(8-10)13(18)6-7-15(2)3;1-8(16)14-9-3-4-12(17)10(7-9)11-5-6-13-15(11)2/h4-8,17H,1-3H3,(H,14,16);3-7,17H,1-2H3,(H,14,16)/b7-6+;. The third-order valence-electron chi connectivity index (χ3n) is 4.52. The second-order valence-electron chi connectivity index (χ2n) is 7.81. The number of nitrogens with one attached hydrogen (secondary N) is 2. The number of phenolic OH excluding ortho intramolecular Hbond substituents is 2. The van der Waals surface area contributed by atoms with Gasteiger partial charge in [0.1, 0.15) is 11.5 Å². The third-order valence-corrected chi connectivity index (χ3v) is 4.52. The SMILES string of the molecule is CC(=O)Nc1ccc(O)c(-c2ccnn2C)c1.CC(=O)Nc1ccc(O)c(C(=O)/C=C/N(C)C)c1. The average molecular weight is 480 g/mol. The van der Waals surface area contributed by atoms with E-state index in [0.29, 0.717) is 16.9 Å². The van der Waals surface area contributed by atoms with E-state index in [1.54, 1.807) is 67.4 Å². The van der Waals surface area contributed by atoms with E-state index in [2.05, 4.69) is 15.7 Å². The first-order chi connectivity index (χ1) is 16.5. The van der Waals surface area contributed by atoms with E-state index >= 15 is 0 Å². The number of aromatic nitrogens is 2. The van der Waals surface area contributed by atoms with Crippen LogP contribution in [0.2, 0.25) is 0 Å². The molecule has 0 radical (unpaired) electrons. The molecule has 184 valence electrons. The van der Waals surface area contributed by atoms with Gasteiger partial charge >= 0.3 is 0 Å². The Bertz CT molecular complexity index is 1250. The topological polar surface area (TPSA) is 137 Å². The number of carbonyl (C=O) groups excluding carboxylic acids is 3. The van der Waals surface area contributed by atoms with Gasteiger partial charge in [-0.2, -0.15) is 5.10 Å². The van der Waals surface area contributed by atoms with Crippen LogP contribution in [0.15, 0.2) is 60.9 Å². The van der Waals surface area contributed by atoms with Crippen molar-refractivity contribution in [1.82, 2.24) is 14.7 Å². The second-order valence-corrected chi connectivity index (χ2v) is 7.81. The van der Waals surface area contributed by atoms with Crippen LogP contribution < -0.4 is 10.6 Å². The molecule has 0 aliphatic rings. The Labute approximate surface area is 203 Å². The minimum absolute atomic E-state index is 0.113. The molecule has 1 aromatic heterocycles. The largest absolute Gasteiger partial charge is 0.507 e. The Morgan fingerprint density at radius 3 is 2.00 bits per heavy atom. The summed E-state index contributed by atoms with van der Waals surface area (Å²) in [7, 11) is 5.37. The first-order valence-corrected chi connectivity index (χ1v) is 10.6.